The second-order valence-electron chi connectivity index (χ2n) is 5.10. The van der Waals surface area contributed by atoms with Crippen molar-refractivity contribution in [3.63, 3.8) is 0 Å². The van der Waals surface area contributed by atoms with Crippen LogP contribution in [0, 0.1) is 16.0 Å². The molecule has 0 N–H and O–H groups in total. The number of esters is 1. The topological polar surface area (TPSA) is 69.4 Å². The predicted octanol–water partition coefficient (Wildman–Crippen LogP) is 3.33. The van der Waals surface area contributed by atoms with Gasteiger partial charge in [0.2, 0.25) is 0 Å². The van der Waals surface area contributed by atoms with E-state index in [2.05, 4.69) is 6.92 Å². The molecular formula is C14H17NO4. The molecule has 0 unspecified atom stereocenters. The van der Waals surface area contributed by atoms with E-state index in [1.807, 2.05) is 0 Å². The van der Waals surface area contributed by atoms with Crippen LogP contribution in [0.4, 0.5) is 5.69 Å². The van der Waals surface area contributed by atoms with Gasteiger partial charge in [0.15, 0.2) is 0 Å². The van der Waals surface area contributed by atoms with E-state index in [0.717, 1.165) is 19.3 Å². The molecule has 0 saturated heterocycles. The van der Waals surface area contributed by atoms with Gasteiger partial charge < -0.3 is 4.74 Å². The lowest BCUT2D eigenvalue weighted by Crippen LogP contribution is -2.24. The molecule has 5 heteroatoms. The highest BCUT2D eigenvalue weighted by atomic mass is 16.6. The lowest BCUT2D eigenvalue weighted by molar-refractivity contribution is -0.384. The number of nitro benzene ring substituents is 1. The first-order valence-corrected chi connectivity index (χ1v) is 6.51. The Morgan fingerprint density at radius 3 is 2.58 bits per heavy atom. The van der Waals surface area contributed by atoms with Gasteiger partial charge in [0, 0.05) is 12.1 Å². The highest BCUT2D eigenvalue weighted by molar-refractivity contribution is 5.89. The number of hydrogen-bond donors (Lipinski definition) is 0. The molecule has 102 valence electrons. The van der Waals surface area contributed by atoms with Gasteiger partial charge in [-0.2, -0.15) is 0 Å². The monoisotopic (exact) mass is 263 g/mol. The van der Waals surface area contributed by atoms with Crippen LogP contribution >= 0.6 is 0 Å². The second kappa shape index (κ2) is 5.82. The summed E-state index contributed by atoms with van der Waals surface area (Å²) in [7, 11) is 0. The molecule has 19 heavy (non-hydrogen) atoms. The molecular weight excluding hydrogens is 246 g/mol. The Morgan fingerprint density at radius 2 is 2.00 bits per heavy atom. The number of ether oxygens (including phenoxy) is 1. The molecule has 1 saturated carbocycles. The Kier molecular flexibility index (Phi) is 4.14. The number of carbonyl (C=O) groups is 1. The molecule has 0 radical (unpaired) electrons. The average Bonchev–Trinajstić information content (AvgIpc) is 2.39. The Balaban J connectivity index is 1.97. The number of hydrogen-bond acceptors (Lipinski definition) is 4. The van der Waals surface area contributed by atoms with E-state index in [1.165, 1.54) is 30.7 Å². The molecule has 0 spiro atoms. The van der Waals surface area contributed by atoms with Gasteiger partial charge in [0.05, 0.1) is 10.5 Å². The number of non-ortho nitro benzene ring substituents is 1. The van der Waals surface area contributed by atoms with Gasteiger partial charge in [-0.05, 0) is 37.3 Å². The summed E-state index contributed by atoms with van der Waals surface area (Å²) in [5.41, 5.74) is 0.340. The van der Waals surface area contributed by atoms with Crippen molar-refractivity contribution in [3.05, 3.63) is 39.9 Å². The van der Waals surface area contributed by atoms with Gasteiger partial charge in [-0.1, -0.05) is 13.3 Å². The molecule has 5 nitrogen and oxygen atoms in total. The van der Waals surface area contributed by atoms with E-state index in [4.69, 9.17) is 4.74 Å². The van der Waals surface area contributed by atoms with Crippen molar-refractivity contribution in [2.75, 3.05) is 0 Å². The molecule has 0 amide bonds. The van der Waals surface area contributed by atoms with Crippen LogP contribution in [-0.4, -0.2) is 17.0 Å². The third kappa shape index (κ3) is 3.53. The minimum absolute atomic E-state index is 0.0218. The summed E-state index contributed by atoms with van der Waals surface area (Å²) in [6.45, 7) is 2.16. The Bertz CT molecular complexity index is 469. The zero-order valence-corrected chi connectivity index (χ0v) is 10.9. The summed E-state index contributed by atoms with van der Waals surface area (Å²) in [5.74, 6) is 0.192. The van der Waals surface area contributed by atoms with Gasteiger partial charge in [-0.3, -0.25) is 10.1 Å². The van der Waals surface area contributed by atoms with Crippen LogP contribution in [0.3, 0.4) is 0 Å². The predicted molar refractivity (Wildman–Crippen MR) is 69.9 cm³/mol. The maximum Gasteiger partial charge on any atom is 0.338 e. The maximum absolute atomic E-state index is 11.9. The van der Waals surface area contributed by atoms with Crippen LogP contribution < -0.4 is 0 Å². The molecule has 0 bridgehead atoms. The van der Waals surface area contributed by atoms with Crippen molar-refractivity contribution in [2.24, 2.45) is 5.92 Å². The molecule has 2 rings (SSSR count). The van der Waals surface area contributed by atoms with Crippen LogP contribution in [0.15, 0.2) is 24.3 Å². The summed E-state index contributed by atoms with van der Waals surface area (Å²) < 4.78 is 5.44. The van der Waals surface area contributed by atoms with Gasteiger partial charge in [-0.25, -0.2) is 4.79 Å². The molecule has 0 aliphatic heterocycles. The Morgan fingerprint density at radius 1 is 1.32 bits per heavy atom. The fourth-order valence-corrected chi connectivity index (χ4v) is 2.42. The third-order valence-corrected chi connectivity index (χ3v) is 3.48. The van der Waals surface area contributed by atoms with Gasteiger partial charge >= 0.3 is 5.97 Å². The van der Waals surface area contributed by atoms with E-state index in [-0.39, 0.29) is 11.8 Å². The molecule has 2 atom stereocenters. The highest BCUT2D eigenvalue weighted by Crippen LogP contribution is 2.26. The smallest absolute Gasteiger partial charge is 0.338 e. The number of nitrogens with zero attached hydrogens (tertiary/aromatic N) is 1. The summed E-state index contributed by atoms with van der Waals surface area (Å²) in [6.07, 6.45) is 4.05. The fraction of sp³-hybridized carbons (Fsp3) is 0.500. The van der Waals surface area contributed by atoms with Crippen LogP contribution in [0.5, 0.6) is 0 Å². The van der Waals surface area contributed by atoms with Crippen LogP contribution in [-0.2, 0) is 4.74 Å². The number of benzene rings is 1. The summed E-state index contributed by atoms with van der Waals surface area (Å²) in [5, 5.41) is 10.5. The van der Waals surface area contributed by atoms with E-state index >= 15 is 0 Å². The average molecular weight is 263 g/mol. The summed E-state index contributed by atoms with van der Waals surface area (Å²) >= 11 is 0. The van der Waals surface area contributed by atoms with Crippen molar-refractivity contribution >= 4 is 11.7 Å². The molecule has 1 aromatic carbocycles. The maximum atomic E-state index is 11.9. The first-order valence-electron chi connectivity index (χ1n) is 6.51. The van der Waals surface area contributed by atoms with Gasteiger partial charge in [0.25, 0.3) is 5.69 Å². The second-order valence-corrected chi connectivity index (χ2v) is 5.10. The minimum atomic E-state index is -0.488. The fourth-order valence-electron chi connectivity index (χ4n) is 2.42. The molecule has 0 heterocycles. The van der Waals surface area contributed by atoms with Crippen LogP contribution in [0.1, 0.15) is 43.0 Å². The van der Waals surface area contributed by atoms with Crippen LogP contribution in [0.2, 0.25) is 0 Å². The van der Waals surface area contributed by atoms with E-state index < -0.39 is 10.9 Å². The van der Waals surface area contributed by atoms with E-state index in [0.29, 0.717) is 11.5 Å². The highest BCUT2D eigenvalue weighted by Gasteiger charge is 2.22. The van der Waals surface area contributed by atoms with Crippen molar-refractivity contribution in [2.45, 2.75) is 38.7 Å². The molecule has 1 aliphatic rings. The largest absolute Gasteiger partial charge is 0.459 e. The quantitative estimate of drug-likeness (QED) is 0.476. The van der Waals surface area contributed by atoms with Crippen molar-refractivity contribution in [1.29, 1.82) is 0 Å². The van der Waals surface area contributed by atoms with Crippen molar-refractivity contribution < 1.29 is 14.5 Å². The van der Waals surface area contributed by atoms with Crippen molar-refractivity contribution in [3.8, 4) is 0 Å². The van der Waals surface area contributed by atoms with Gasteiger partial charge in [-0.15, -0.1) is 0 Å². The lowest BCUT2D eigenvalue weighted by atomic mass is 9.89. The SMILES string of the molecule is C[C@@H]1CCC[C@@H](OC(=O)c2ccc([N+](=O)[O-])cc2)C1. The third-order valence-electron chi connectivity index (χ3n) is 3.48. The molecule has 1 fully saturated rings. The van der Waals surface area contributed by atoms with Crippen LogP contribution in [0.25, 0.3) is 0 Å². The first kappa shape index (κ1) is 13.5. The zero-order valence-electron chi connectivity index (χ0n) is 10.9. The normalized spacial score (nSPS) is 22.8. The van der Waals surface area contributed by atoms with Gasteiger partial charge in [0.1, 0.15) is 6.10 Å². The lowest BCUT2D eigenvalue weighted by Gasteiger charge is -2.26. The molecule has 1 aliphatic carbocycles. The molecule has 0 aromatic heterocycles. The number of nitro groups is 1. The number of carbonyl (C=O) groups excluding carboxylic acids is 1. The number of rotatable bonds is 3. The summed E-state index contributed by atoms with van der Waals surface area (Å²) in [6, 6.07) is 5.51. The van der Waals surface area contributed by atoms with Crippen molar-refractivity contribution in [1.82, 2.24) is 0 Å². The Hall–Kier alpha value is -1.91. The van der Waals surface area contributed by atoms with E-state index in [9.17, 15) is 14.9 Å². The van der Waals surface area contributed by atoms with E-state index in [1.54, 1.807) is 0 Å². The molecule has 1 aromatic rings. The minimum Gasteiger partial charge on any atom is -0.459 e. The standard InChI is InChI=1S/C14H17NO4/c1-10-3-2-4-13(9-10)19-14(16)11-5-7-12(8-6-11)15(17)18/h5-8,10,13H,2-4,9H2,1H3/t10-,13-/m1/s1. The zero-order chi connectivity index (χ0) is 13.8. The Labute approximate surface area is 111 Å². The first-order chi connectivity index (χ1) is 9.06. The summed E-state index contributed by atoms with van der Waals surface area (Å²) in [4.78, 5) is 21.9.